The Morgan fingerprint density at radius 2 is 1.81 bits per heavy atom. The maximum atomic E-state index is 12.9. The highest BCUT2D eigenvalue weighted by Crippen LogP contribution is 2.28. The number of hydrogen-bond donors (Lipinski definition) is 1. The van der Waals surface area contributed by atoms with E-state index in [0.717, 1.165) is 16.8 Å². The number of aromatic nitrogens is 2. The highest BCUT2D eigenvalue weighted by atomic mass is 32.2. The first kappa shape index (κ1) is 25.6. The molecule has 0 bridgehead atoms. The van der Waals surface area contributed by atoms with Crippen LogP contribution in [0.1, 0.15) is 12.3 Å². The summed E-state index contributed by atoms with van der Waals surface area (Å²) in [7, 11) is -3.39. The van der Waals surface area contributed by atoms with Gasteiger partial charge in [-0.25, -0.2) is 8.42 Å². The highest BCUT2D eigenvalue weighted by Gasteiger charge is 2.16. The molecule has 0 fully saturated rings. The van der Waals surface area contributed by atoms with Gasteiger partial charge in [0.15, 0.2) is 9.84 Å². The first-order valence-electron chi connectivity index (χ1n) is 11.5. The standard InChI is InChI=1S/C27H25N5O4S/c1-19-29-27(31-36-19)21-7-5-8-23(17-21)32(16-6-15-28)18-26(33)30-22-13-11-20(12-14-22)24-9-3-4-10-25(24)37(2,34)35/h3-5,7-14,17H,6,16,18H2,1-2H3,(H,30,33). The summed E-state index contributed by atoms with van der Waals surface area (Å²) in [4.78, 5) is 19.2. The van der Waals surface area contributed by atoms with Crippen LogP contribution in [0.4, 0.5) is 11.4 Å². The second-order valence-corrected chi connectivity index (χ2v) is 10.4. The molecule has 9 nitrogen and oxygen atoms in total. The van der Waals surface area contributed by atoms with E-state index in [1.807, 2.05) is 29.2 Å². The van der Waals surface area contributed by atoms with E-state index in [2.05, 4.69) is 21.5 Å². The lowest BCUT2D eigenvalue weighted by atomic mass is 10.1. The number of benzene rings is 3. The van der Waals surface area contributed by atoms with Crippen molar-refractivity contribution < 1.29 is 17.7 Å². The Morgan fingerprint density at radius 3 is 2.49 bits per heavy atom. The van der Waals surface area contributed by atoms with Crippen molar-refractivity contribution in [2.24, 2.45) is 0 Å². The predicted molar refractivity (Wildman–Crippen MR) is 141 cm³/mol. The molecule has 0 aliphatic carbocycles. The molecule has 0 aliphatic heterocycles. The van der Waals surface area contributed by atoms with E-state index in [9.17, 15) is 13.2 Å². The smallest absolute Gasteiger partial charge is 0.243 e. The van der Waals surface area contributed by atoms with E-state index < -0.39 is 9.84 Å². The van der Waals surface area contributed by atoms with Crippen LogP contribution in [0.2, 0.25) is 0 Å². The topological polar surface area (TPSA) is 129 Å². The molecule has 0 radical (unpaired) electrons. The second-order valence-electron chi connectivity index (χ2n) is 8.41. The van der Waals surface area contributed by atoms with Crippen molar-refractivity contribution in [3.63, 3.8) is 0 Å². The quantitative estimate of drug-likeness (QED) is 0.346. The minimum Gasteiger partial charge on any atom is -0.361 e. The fourth-order valence-electron chi connectivity index (χ4n) is 3.88. The summed E-state index contributed by atoms with van der Waals surface area (Å²) in [6.07, 6.45) is 1.42. The first-order valence-corrected chi connectivity index (χ1v) is 13.4. The molecule has 0 unspecified atom stereocenters. The normalized spacial score (nSPS) is 11.1. The summed E-state index contributed by atoms with van der Waals surface area (Å²) >= 11 is 0. The minimum absolute atomic E-state index is 0.0229. The zero-order valence-corrected chi connectivity index (χ0v) is 21.2. The Kier molecular flexibility index (Phi) is 7.65. The number of amides is 1. The molecule has 1 N–H and O–H groups in total. The zero-order valence-electron chi connectivity index (χ0n) is 20.4. The Labute approximate surface area is 215 Å². The van der Waals surface area contributed by atoms with Gasteiger partial charge in [-0.3, -0.25) is 4.79 Å². The van der Waals surface area contributed by atoms with Crippen LogP contribution in [-0.4, -0.2) is 43.8 Å². The lowest BCUT2D eigenvalue weighted by molar-refractivity contribution is -0.115. The number of anilines is 2. The van der Waals surface area contributed by atoms with Gasteiger partial charge in [0.05, 0.1) is 23.9 Å². The van der Waals surface area contributed by atoms with E-state index >= 15 is 0 Å². The molecule has 1 amide bonds. The van der Waals surface area contributed by atoms with Gasteiger partial charge < -0.3 is 14.7 Å². The summed E-state index contributed by atoms with van der Waals surface area (Å²) in [6, 6.07) is 23.3. The predicted octanol–water partition coefficient (Wildman–Crippen LogP) is 4.47. The third kappa shape index (κ3) is 6.39. The number of hydrogen-bond acceptors (Lipinski definition) is 8. The summed E-state index contributed by atoms with van der Waals surface area (Å²) < 4.78 is 29.4. The molecule has 188 valence electrons. The maximum absolute atomic E-state index is 12.9. The Hall–Kier alpha value is -4.49. The fourth-order valence-corrected chi connectivity index (χ4v) is 4.79. The van der Waals surface area contributed by atoms with Crippen molar-refractivity contribution in [2.75, 3.05) is 29.6 Å². The van der Waals surface area contributed by atoms with Gasteiger partial charge in [0, 0.05) is 42.2 Å². The van der Waals surface area contributed by atoms with Gasteiger partial charge in [0.1, 0.15) is 0 Å². The summed E-state index contributed by atoms with van der Waals surface area (Å²) in [5.74, 6) is 0.636. The fraction of sp³-hybridized carbons (Fsp3) is 0.185. The third-order valence-electron chi connectivity index (χ3n) is 5.59. The number of aryl methyl sites for hydroxylation is 1. The van der Waals surface area contributed by atoms with E-state index in [0.29, 0.717) is 29.5 Å². The van der Waals surface area contributed by atoms with Crippen LogP contribution in [-0.2, 0) is 14.6 Å². The molecular weight excluding hydrogens is 490 g/mol. The average Bonchev–Trinajstić information content (AvgIpc) is 3.33. The van der Waals surface area contributed by atoms with Crippen LogP contribution in [0.25, 0.3) is 22.5 Å². The number of nitriles is 1. The monoisotopic (exact) mass is 515 g/mol. The molecule has 1 heterocycles. The lowest BCUT2D eigenvalue weighted by Crippen LogP contribution is -2.34. The van der Waals surface area contributed by atoms with Crippen LogP contribution >= 0.6 is 0 Å². The lowest BCUT2D eigenvalue weighted by Gasteiger charge is -2.23. The molecular formula is C27H25N5O4S. The molecule has 3 aromatic carbocycles. The third-order valence-corrected chi connectivity index (χ3v) is 6.75. The van der Waals surface area contributed by atoms with Crippen LogP contribution in [0.15, 0.2) is 82.2 Å². The molecule has 4 aromatic rings. The van der Waals surface area contributed by atoms with Gasteiger partial charge in [0.25, 0.3) is 0 Å². The number of sulfone groups is 1. The molecule has 37 heavy (non-hydrogen) atoms. The molecule has 0 saturated heterocycles. The van der Waals surface area contributed by atoms with Gasteiger partial charge in [-0.05, 0) is 35.9 Å². The van der Waals surface area contributed by atoms with Gasteiger partial charge in [0.2, 0.25) is 17.6 Å². The van der Waals surface area contributed by atoms with Gasteiger partial charge in [-0.2, -0.15) is 10.2 Å². The summed E-state index contributed by atoms with van der Waals surface area (Å²) in [5, 5.41) is 15.9. The van der Waals surface area contributed by atoms with Crippen molar-refractivity contribution in [3.05, 3.63) is 78.7 Å². The number of carbonyl (C=O) groups is 1. The molecule has 0 spiro atoms. The molecule has 0 saturated carbocycles. The Balaban J connectivity index is 1.49. The Bertz CT molecular complexity index is 1560. The Morgan fingerprint density at radius 1 is 1.05 bits per heavy atom. The first-order chi connectivity index (χ1) is 17.7. The minimum atomic E-state index is -3.39. The number of nitrogens with zero attached hydrogens (tertiary/aromatic N) is 4. The van der Waals surface area contributed by atoms with Crippen molar-refractivity contribution in [1.29, 1.82) is 5.26 Å². The number of nitrogens with one attached hydrogen (secondary N) is 1. The summed E-state index contributed by atoms with van der Waals surface area (Å²) in [6.45, 7) is 2.09. The molecule has 4 rings (SSSR count). The van der Waals surface area contributed by atoms with Crippen molar-refractivity contribution in [1.82, 2.24) is 10.1 Å². The number of rotatable bonds is 9. The average molecular weight is 516 g/mol. The van der Waals surface area contributed by atoms with Gasteiger partial charge >= 0.3 is 0 Å². The second kappa shape index (κ2) is 11.1. The molecule has 0 atom stereocenters. The number of carbonyl (C=O) groups excluding carboxylic acids is 1. The van der Waals surface area contributed by atoms with Crippen molar-refractivity contribution in [3.8, 4) is 28.6 Å². The van der Waals surface area contributed by atoms with E-state index in [-0.39, 0.29) is 23.8 Å². The zero-order chi connectivity index (χ0) is 26.4. The highest BCUT2D eigenvalue weighted by molar-refractivity contribution is 7.90. The molecule has 1 aromatic heterocycles. The van der Waals surface area contributed by atoms with E-state index in [4.69, 9.17) is 9.78 Å². The van der Waals surface area contributed by atoms with Gasteiger partial charge in [-0.1, -0.05) is 47.6 Å². The van der Waals surface area contributed by atoms with Crippen molar-refractivity contribution >= 4 is 27.1 Å². The van der Waals surface area contributed by atoms with Crippen LogP contribution in [0.3, 0.4) is 0 Å². The van der Waals surface area contributed by atoms with Gasteiger partial charge in [-0.15, -0.1) is 0 Å². The molecule has 10 heteroatoms. The van der Waals surface area contributed by atoms with E-state index in [1.54, 1.807) is 55.5 Å². The SMILES string of the molecule is Cc1nc(-c2cccc(N(CCC#N)CC(=O)Nc3ccc(-c4ccccc4S(C)(=O)=O)cc3)c2)no1. The molecule has 0 aliphatic rings. The van der Waals surface area contributed by atoms with E-state index in [1.165, 1.54) is 6.26 Å². The van der Waals surface area contributed by atoms with Crippen LogP contribution < -0.4 is 10.2 Å². The van der Waals surface area contributed by atoms with Crippen LogP contribution in [0.5, 0.6) is 0 Å². The largest absolute Gasteiger partial charge is 0.361 e. The maximum Gasteiger partial charge on any atom is 0.243 e. The van der Waals surface area contributed by atoms with Crippen LogP contribution in [0, 0.1) is 18.3 Å². The summed E-state index contributed by atoms with van der Waals surface area (Å²) in [5.41, 5.74) is 3.38. The van der Waals surface area contributed by atoms with Crippen molar-refractivity contribution in [2.45, 2.75) is 18.2 Å².